The number of imidazole rings is 1. The Bertz CT molecular complexity index is 1800. The number of rotatable bonds is 3. The predicted octanol–water partition coefficient (Wildman–Crippen LogP) is 7.05. The standard InChI is InChI=1S/C29H18N4O/c1-3-8-19(9-4-1)20-14-15-22-23-12-7-13-24(27(23)34-26(22)16-20)28-32-25-17-30-18-31-29(25)33(28)21-10-5-2-6-11-21/h1-18H. The first-order valence-electron chi connectivity index (χ1n) is 11.1. The van der Waals surface area contributed by atoms with E-state index in [9.17, 15) is 0 Å². The number of fused-ring (bicyclic) bond motifs is 4. The number of nitrogens with zero attached hydrogens (tertiary/aromatic N) is 4. The van der Waals surface area contributed by atoms with Crippen LogP contribution in [-0.4, -0.2) is 19.5 Å². The molecule has 0 aliphatic rings. The third kappa shape index (κ3) is 2.84. The van der Waals surface area contributed by atoms with E-state index in [1.165, 1.54) is 0 Å². The number of hydrogen-bond donors (Lipinski definition) is 0. The van der Waals surface area contributed by atoms with Crippen LogP contribution in [0.3, 0.4) is 0 Å². The van der Waals surface area contributed by atoms with Crippen LogP contribution in [0.25, 0.3) is 61.3 Å². The molecule has 160 valence electrons. The maximum absolute atomic E-state index is 6.50. The minimum absolute atomic E-state index is 0.737. The van der Waals surface area contributed by atoms with Gasteiger partial charge >= 0.3 is 0 Å². The van der Waals surface area contributed by atoms with E-state index in [2.05, 4.69) is 75.2 Å². The molecule has 0 aliphatic heterocycles. The minimum Gasteiger partial charge on any atom is -0.455 e. The maximum atomic E-state index is 6.50. The molecule has 0 radical (unpaired) electrons. The van der Waals surface area contributed by atoms with Crippen molar-refractivity contribution in [1.29, 1.82) is 0 Å². The number of hydrogen-bond acceptors (Lipinski definition) is 4. The third-order valence-corrected chi connectivity index (χ3v) is 6.18. The molecule has 0 saturated carbocycles. The quantitative estimate of drug-likeness (QED) is 0.297. The Kier molecular flexibility index (Phi) is 4.08. The average molecular weight is 438 g/mol. The molecule has 5 nitrogen and oxygen atoms in total. The van der Waals surface area contributed by atoms with E-state index in [1.54, 1.807) is 12.5 Å². The Hall–Kier alpha value is -4.77. The van der Waals surface area contributed by atoms with Crippen LogP contribution in [0.4, 0.5) is 0 Å². The first-order chi connectivity index (χ1) is 16.9. The van der Waals surface area contributed by atoms with Gasteiger partial charge in [0.2, 0.25) is 0 Å². The van der Waals surface area contributed by atoms with E-state index in [0.29, 0.717) is 0 Å². The van der Waals surface area contributed by atoms with Gasteiger partial charge in [0, 0.05) is 16.5 Å². The lowest BCUT2D eigenvalue weighted by atomic mass is 10.0. The Morgan fingerprint density at radius 2 is 1.53 bits per heavy atom. The van der Waals surface area contributed by atoms with E-state index in [1.807, 2.05) is 36.4 Å². The highest BCUT2D eigenvalue weighted by molar-refractivity contribution is 6.10. The molecule has 7 aromatic rings. The fourth-order valence-electron chi connectivity index (χ4n) is 4.62. The van der Waals surface area contributed by atoms with E-state index in [4.69, 9.17) is 9.40 Å². The summed E-state index contributed by atoms with van der Waals surface area (Å²) in [6, 6.07) is 33.1. The molecule has 0 atom stereocenters. The lowest BCUT2D eigenvalue weighted by Gasteiger charge is -2.09. The van der Waals surface area contributed by atoms with Crippen molar-refractivity contribution < 1.29 is 4.42 Å². The molecule has 3 heterocycles. The Morgan fingerprint density at radius 3 is 2.38 bits per heavy atom. The van der Waals surface area contributed by atoms with Crippen molar-refractivity contribution in [2.24, 2.45) is 0 Å². The first kappa shape index (κ1) is 18.8. The minimum atomic E-state index is 0.737. The summed E-state index contributed by atoms with van der Waals surface area (Å²) in [5.41, 5.74) is 7.34. The van der Waals surface area contributed by atoms with E-state index < -0.39 is 0 Å². The Morgan fingerprint density at radius 1 is 0.706 bits per heavy atom. The summed E-state index contributed by atoms with van der Waals surface area (Å²) < 4.78 is 8.56. The zero-order chi connectivity index (χ0) is 22.5. The second-order valence-electron chi connectivity index (χ2n) is 8.20. The molecule has 4 aromatic carbocycles. The van der Waals surface area contributed by atoms with Crippen molar-refractivity contribution in [2.45, 2.75) is 0 Å². The zero-order valence-corrected chi connectivity index (χ0v) is 18.1. The van der Waals surface area contributed by atoms with E-state index in [-0.39, 0.29) is 0 Å². The molecule has 0 bridgehead atoms. The fraction of sp³-hybridized carbons (Fsp3) is 0. The van der Waals surface area contributed by atoms with Gasteiger partial charge in [-0.05, 0) is 41.5 Å². The summed E-state index contributed by atoms with van der Waals surface area (Å²) in [5, 5.41) is 2.14. The van der Waals surface area contributed by atoms with Crippen LogP contribution >= 0.6 is 0 Å². The summed E-state index contributed by atoms with van der Waals surface area (Å²) in [4.78, 5) is 13.6. The van der Waals surface area contributed by atoms with Crippen LogP contribution in [0.1, 0.15) is 0 Å². The predicted molar refractivity (Wildman–Crippen MR) is 135 cm³/mol. The molecule has 3 aromatic heterocycles. The molecule has 0 fully saturated rings. The molecule has 0 saturated heterocycles. The van der Waals surface area contributed by atoms with Crippen LogP contribution in [0.2, 0.25) is 0 Å². The number of para-hydroxylation sites is 2. The van der Waals surface area contributed by atoms with Gasteiger partial charge < -0.3 is 4.42 Å². The van der Waals surface area contributed by atoms with Gasteiger partial charge in [-0.1, -0.05) is 66.7 Å². The van der Waals surface area contributed by atoms with Crippen LogP contribution in [0.5, 0.6) is 0 Å². The number of benzene rings is 4. The normalized spacial score (nSPS) is 11.5. The van der Waals surface area contributed by atoms with E-state index in [0.717, 1.165) is 61.3 Å². The Balaban J connectivity index is 1.50. The van der Waals surface area contributed by atoms with Crippen LogP contribution in [-0.2, 0) is 0 Å². The average Bonchev–Trinajstić information content (AvgIpc) is 3.48. The first-order valence-corrected chi connectivity index (χ1v) is 11.1. The second kappa shape index (κ2) is 7.39. The lowest BCUT2D eigenvalue weighted by molar-refractivity contribution is 0.669. The van der Waals surface area contributed by atoms with Crippen molar-refractivity contribution >= 4 is 33.1 Å². The SMILES string of the molecule is c1ccc(-c2ccc3c(c2)oc2c(-c4nc5cncnc5n4-c4ccccc4)cccc23)cc1. The van der Waals surface area contributed by atoms with Crippen molar-refractivity contribution in [2.75, 3.05) is 0 Å². The molecule has 0 aliphatic carbocycles. The van der Waals surface area contributed by atoms with Gasteiger partial charge in [0.15, 0.2) is 11.5 Å². The van der Waals surface area contributed by atoms with Crippen LogP contribution in [0, 0.1) is 0 Å². The molecule has 0 amide bonds. The van der Waals surface area contributed by atoms with Crippen molar-refractivity contribution in [3.05, 3.63) is 110 Å². The third-order valence-electron chi connectivity index (χ3n) is 6.18. The topological polar surface area (TPSA) is 56.7 Å². The van der Waals surface area contributed by atoms with Gasteiger partial charge in [-0.2, -0.15) is 0 Å². The second-order valence-corrected chi connectivity index (χ2v) is 8.20. The van der Waals surface area contributed by atoms with Crippen molar-refractivity contribution in [3.8, 4) is 28.2 Å². The largest absolute Gasteiger partial charge is 0.455 e. The summed E-state index contributed by atoms with van der Waals surface area (Å²) in [5.74, 6) is 0.773. The zero-order valence-electron chi connectivity index (χ0n) is 18.1. The Labute approximate surface area is 195 Å². The van der Waals surface area contributed by atoms with Gasteiger partial charge in [0.05, 0.1) is 11.8 Å². The lowest BCUT2D eigenvalue weighted by Crippen LogP contribution is -1.98. The highest BCUT2D eigenvalue weighted by Crippen LogP contribution is 2.38. The summed E-state index contributed by atoms with van der Waals surface area (Å²) in [6.07, 6.45) is 3.30. The fourth-order valence-corrected chi connectivity index (χ4v) is 4.62. The van der Waals surface area contributed by atoms with Crippen molar-refractivity contribution in [3.63, 3.8) is 0 Å². The molecule has 5 heteroatoms. The number of furan rings is 1. The highest BCUT2D eigenvalue weighted by atomic mass is 16.3. The van der Waals surface area contributed by atoms with Crippen LogP contribution < -0.4 is 0 Å². The van der Waals surface area contributed by atoms with Gasteiger partial charge in [-0.3, -0.25) is 4.57 Å². The number of aromatic nitrogens is 4. The van der Waals surface area contributed by atoms with Gasteiger partial charge in [-0.25, -0.2) is 15.0 Å². The molecule has 7 rings (SSSR count). The maximum Gasteiger partial charge on any atom is 0.168 e. The summed E-state index contributed by atoms with van der Waals surface area (Å²) in [7, 11) is 0. The van der Waals surface area contributed by atoms with Crippen LogP contribution in [0.15, 0.2) is 114 Å². The van der Waals surface area contributed by atoms with E-state index >= 15 is 0 Å². The monoisotopic (exact) mass is 438 g/mol. The molecule has 0 spiro atoms. The molecule has 0 unspecified atom stereocenters. The molecular formula is C29H18N4O. The van der Waals surface area contributed by atoms with Crippen molar-refractivity contribution in [1.82, 2.24) is 19.5 Å². The smallest absolute Gasteiger partial charge is 0.168 e. The van der Waals surface area contributed by atoms with Gasteiger partial charge in [-0.15, -0.1) is 0 Å². The highest BCUT2D eigenvalue weighted by Gasteiger charge is 2.20. The molecule has 34 heavy (non-hydrogen) atoms. The molecular weight excluding hydrogens is 420 g/mol. The summed E-state index contributed by atoms with van der Waals surface area (Å²) in [6.45, 7) is 0. The van der Waals surface area contributed by atoms with Gasteiger partial charge in [0.1, 0.15) is 23.0 Å². The molecule has 0 N–H and O–H groups in total. The summed E-state index contributed by atoms with van der Waals surface area (Å²) >= 11 is 0. The van der Waals surface area contributed by atoms with Gasteiger partial charge in [0.25, 0.3) is 0 Å².